The summed E-state index contributed by atoms with van der Waals surface area (Å²) in [6.45, 7) is 4.44. The average Bonchev–Trinajstić information content (AvgIpc) is 3.50. The largest absolute Gasteiger partial charge is 0.495 e. The molecule has 2 aliphatic heterocycles. The van der Waals surface area contributed by atoms with Gasteiger partial charge in [-0.25, -0.2) is 0 Å². The van der Waals surface area contributed by atoms with Crippen LogP contribution in [-0.2, 0) is 6.54 Å². The maximum atomic E-state index is 13.5. The first-order valence-corrected chi connectivity index (χ1v) is 11.3. The second-order valence-corrected chi connectivity index (χ2v) is 8.58. The third kappa shape index (κ3) is 3.43. The molecule has 1 aromatic heterocycles. The molecule has 3 aliphatic rings. The number of imidazole rings is 1. The Hall–Kier alpha value is -2.74. The molecule has 1 amide bonds. The molecule has 1 fully saturated rings. The van der Waals surface area contributed by atoms with Crippen LogP contribution in [0.25, 0.3) is 0 Å². The number of nitrogens with one attached hydrogen (secondary N) is 1. The van der Waals surface area contributed by atoms with Crippen molar-refractivity contribution in [1.29, 1.82) is 0 Å². The Labute approximate surface area is 186 Å². The van der Waals surface area contributed by atoms with Crippen molar-refractivity contribution in [2.75, 3.05) is 37.0 Å². The number of hydrogen-bond acceptors (Lipinski definition) is 6. The van der Waals surface area contributed by atoms with E-state index in [4.69, 9.17) is 21.3 Å². The number of amides is 1. The molecule has 0 atom stereocenters. The summed E-state index contributed by atoms with van der Waals surface area (Å²) in [5.41, 5.74) is 1.59. The van der Waals surface area contributed by atoms with Crippen molar-refractivity contribution < 1.29 is 9.53 Å². The molecular weight excluding hydrogens is 416 g/mol. The first-order chi connectivity index (χ1) is 15.1. The molecule has 1 aliphatic carbocycles. The van der Waals surface area contributed by atoms with Crippen molar-refractivity contribution in [3.63, 3.8) is 0 Å². The molecule has 0 bridgehead atoms. The highest BCUT2D eigenvalue weighted by molar-refractivity contribution is 6.32. The topological polar surface area (TPSA) is 75.0 Å². The maximum absolute atomic E-state index is 13.5. The molecule has 1 aromatic carbocycles. The summed E-state index contributed by atoms with van der Waals surface area (Å²) in [6, 6.07) is 6.10. The number of hydrogen-bond donors (Lipinski definition) is 1. The van der Waals surface area contributed by atoms with Crippen LogP contribution in [0.3, 0.4) is 0 Å². The van der Waals surface area contributed by atoms with Gasteiger partial charge in [0.15, 0.2) is 11.5 Å². The molecule has 1 N–H and O–H groups in total. The van der Waals surface area contributed by atoms with Crippen LogP contribution in [0.5, 0.6) is 5.75 Å². The van der Waals surface area contributed by atoms with Crippen molar-refractivity contribution in [2.24, 2.45) is 4.99 Å². The van der Waals surface area contributed by atoms with Crippen LogP contribution in [0.4, 0.5) is 11.8 Å². The average molecular weight is 443 g/mol. The summed E-state index contributed by atoms with van der Waals surface area (Å²) in [5, 5.41) is 4.16. The fourth-order valence-corrected chi connectivity index (χ4v) is 5.00. The number of halogens is 1. The predicted octanol–water partition coefficient (Wildman–Crippen LogP) is 3.60. The van der Waals surface area contributed by atoms with Crippen LogP contribution in [-0.4, -0.2) is 59.1 Å². The van der Waals surface area contributed by atoms with E-state index in [0.717, 1.165) is 30.9 Å². The molecule has 0 unspecified atom stereocenters. The van der Waals surface area contributed by atoms with Crippen LogP contribution in [0.1, 0.15) is 48.7 Å². The molecule has 1 saturated carbocycles. The van der Waals surface area contributed by atoms with Crippen LogP contribution < -0.4 is 15.0 Å². The normalized spacial score (nSPS) is 18.3. The maximum Gasteiger partial charge on any atom is 0.281 e. The van der Waals surface area contributed by atoms with Crippen molar-refractivity contribution >= 4 is 35.2 Å². The van der Waals surface area contributed by atoms with Crippen molar-refractivity contribution in [2.45, 2.75) is 45.2 Å². The lowest BCUT2D eigenvalue weighted by Crippen LogP contribution is -2.50. The smallest absolute Gasteiger partial charge is 0.281 e. The van der Waals surface area contributed by atoms with Gasteiger partial charge in [0.05, 0.1) is 25.2 Å². The SMILES string of the molecule is CCN1C(=O)c2c(nc(NC3CCCC3)n2Cc2ccc(OC)c(Cl)c2)N2CCN=C12. The highest BCUT2D eigenvalue weighted by Gasteiger charge is 2.41. The Morgan fingerprint density at radius 3 is 2.81 bits per heavy atom. The second-order valence-electron chi connectivity index (χ2n) is 8.17. The summed E-state index contributed by atoms with van der Waals surface area (Å²) in [4.78, 5) is 26.8. The first-order valence-electron chi connectivity index (χ1n) is 10.9. The lowest BCUT2D eigenvalue weighted by Gasteiger charge is -2.32. The first kappa shape index (κ1) is 20.2. The van der Waals surface area contributed by atoms with E-state index in [0.29, 0.717) is 53.9 Å². The number of aliphatic imine (C=N–C) groups is 1. The van der Waals surface area contributed by atoms with Gasteiger partial charge in [-0.3, -0.25) is 24.2 Å². The Kier molecular flexibility index (Phi) is 5.25. The van der Waals surface area contributed by atoms with Crippen LogP contribution in [0.15, 0.2) is 23.2 Å². The van der Waals surface area contributed by atoms with Gasteiger partial charge in [0.1, 0.15) is 5.75 Å². The summed E-state index contributed by atoms with van der Waals surface area (Å²) >= 11 is 6.37. The molecule has 9 heteroatoms. The van der Waals surface area contributed by atoms with E-state index >= 15 is 0 Å². The van der Waals surface area contributed by atoms with Crippen LogP contribution in [0.2, 0.25) is 5.02 Å². The number of ether oxygens (including phenoxy) is 1. The van der Waals surface area contributed by atoms with Gasteiger partial charge >= 0.3 is 0 Å². The van der Waals surface area contributed by atoms with Crippen LogP contribution >= 0.6 is 11.6 Å². The molecule has 5 rings (SSSR count). The van der Waals surface area contributed by atoms with Gasteiger partial charge in [0, 0.05) is 19.1 Å². The lowest BCUT2D eigenvalue weighted by molar-refractivity contribution is 0.0836. The van der Waals surface area contributed by atoms with Gasteiger partial charge in [-0.05, 0) is 37.5 Å². The third-order valence-corrected chi connectivity index (χ3v) is 6.57. The Morgan fingerprint density at radius 1 is 1.29 bits per heavy atom. The number of aromatic nitrogens is 2. The summed E-state index contributed by atoms with van der Waals surface area (Å²) in [7, 11) is 1.60. The minimum atomic E-state index is -0.0546. The Morgan fingerprint density at radius 2 is 2.10 bits per heavy atom. The van der Waals surface area contributed by atoms with E-state index in [2.05, 4.69) is 15.2 Å². The van der Waals surface area contributed by atoms with Gasteiger partial charge in [-0.1, -0.05) is 30.5 Å². The number of benzene rings is 1. The zero-order valence-electron chi connectivity index (χ0n) is 17.9. The van der Waals surface area contributed by atoms with Crippen LogP contribution in [0, 0.1) is 0 Å². The van der Waals surface area contributed by atoms with Crippen molar-refractivity contribution in [3.05, 3.63) is 34.5 Å². The highest BCUT2D eigenvalue weighted by Crippen LogP contribution is 2.35. The number of guanidine groups is 1. The molecule has 0 saturated heterocycles. The van der Waals surface area contributed by atoms with E-state index in [1.807, 2.05) is 29.7 Å². The van der Waals surface area contributed by atoms with Crippen molar-refractivity contribution in [1.82, 2.24) is 14.5 Å². The van der Waals surface area contributed by atoms with Gasteiger partial charge in [-0.2, -0.15) is 4.98 Å². The van der Waals surface area contributed by atoms with Gasteiger partial charge in [0.25, 0.3) is 5.91 Å². The molecule has 0 radical (unpaired) electrons. The molecule has 2 aromatic rings. The molecular formula is C22H27ClN6O2. The lowest BCUT2D eigenvalue weighted by atomic mass is 10.2. The summed E-state index contributed by atoms with van der Waals surface area (Å²) < 4.78 is 7.29. The zero-order chi connectivity index (χ0) is 21.5. The highest BCUT2D eigenvalue weighted by atomic mass is 35.5. The number of fused-ring (bicyclic) bond motifs is 3. The molecule has 8 nitrogen and oxygen atoms in total. The quantitative estimate of drug-likeness (QED) is 0.739. The standard InChI is InChI=1S/C22H27ClN6O2/c1-3-27-20(30)18-19(28-11-10-24-22(27)28)26-21(25-15-6-4-5-7-15)29(18)13-14-8-9-17(31-2)16(23)12-14/h8-9,12,15H,3-7,10-11,13H2,1-2H3,(H,25,26). The van der Waals surface area contributed by atoms with E-state index in [1.165, 1.54) is 12.8 Å². The van der Waals surface area contributed by atoms with E-state index in [1.54, 1.807) is 12.0 Å². The van der Waals surface area contributed by atoms with Gasteiger partial charge in [-0.15, -0.1) is 0 Å². The second kappa shape index (κ2) is 8.07. The van der Waals surface area contributed by atoms with Crippen molar-refractivity contribution in [3.8, 4) is 5.75 Å². The molecule has 0 spiro atoms. The monoisotopic (exact) mass is 442 g/mol. The Bertz CT molecular complexity index is 1040. The molecule has 164 valence electrons. The fraction of sp³-hybridized carbons (Fsp3) is 0.500. The minimum Gasteiger partial charge on any atom is -0.495 e. The molecule has 31 heavy (non-hydrogen) atoms. The summed E-state index contributed by atoms with van der Waals surface area (Å²) in [5.74, 6) is 2.73. The minimum absolute atomic E-state index is 0.0546. The molecule has 3 heterocycles. The van der Waals surface area contributed by atoms with Gasteiger partial charge < -0.3 is 10.1 Å². The zero-order valence-corrected chi connectivity index (χ0v) is 18.7. The van der Waals surface area contributed by atoms with E-state index in [-0.39, 0.29) is 5.91 Å². The van der Waals surface area contributed by atoms with E-state index < -0.39 is 0 Å². The summed E-state index contributed by atoms with van der Waals surface area (Å²) in [6.07, 6.45) is 4.68. The van der Waals surface area contributed by atoms with E-state index in [9.17, 15) is 4.79 Å². The third-order valence-electron chi connectivity index (χ3n) is 6.27. The fourth-order valence-electron chi connectivity index (χ4n) is 4.72. The number of rotatable bonds is 6. The number of carbonyl (C=O) groups excluding carboxylic acids is 1. The van der Waals surface area contributed by atoms with Gasteiger partial charge in [0.2, 0.25) is 11.9 Å². The predicted molar refractivity (Wildman–Crippen MR) is 122 cm³/mol. The number of carbonyl (C=O) groups is 1. The Balaban J connectivity index is 1.59. The number of methoxy groups -OCH3 is 1. The number of anilines is 2. The number of nitrogens with zero attached hydrogens (tertiary/aromatic N) is 5.